The average Bonchev–Trinajstić information content (AvgIpc) is 3.05. The minimum atomic E-state index is -4.58. The Morgan fingerprint density at radius 1 is 0.512 bits per heavy atom. The fraction of sp³-hybridized carbons (Fsp3) is 0.114. The van der Waals surface area contributed by atoms with Crippen LogP contribution < -0.4 is 5.32 Å². The molecule has 0 bridgehead atoms. The molecule has 0 heterocycles. The molecule has 0 saturated heterocycles. The third-order valence-electron chi connectivity index (χ3n) is 7.34. The molecule has 0 aliphatic heterocycles. The van der Waals surface area contributed by atoms with E-state index in [1.165, 1.54) is 24.3 Å². The van der Waals surface area contributed by atoms with Crippen LogP contribution in [0.4, 0.5) is 0 Å². The first-order chi connectivity index (χ1) is 20.8. The highest BCUT2D eigenvalue weighted by atomic mass is 32.3. The Balaban J connectivity index is 1.76. The van der Waals surface area contributed by atoms with Crippen LogP contribution in [0.15, 0.2) is 161 Å². The predicted molar refractivity (Wildman–Crippen MR) is 168 cm³/mol. The lowest BCUT2D eigenvalue weighted by atomic mass is 9.81. The number of carbonyl (C=O) groups is 1. The van der Waals surface area contributed by atoms with Gasteiger partial charge in [0.15, 0.2) is 24.3 Å². The summed E-state index contributed by atoms with van der Waals surface area (Å²) in [6, 6.07) is 41.7. The van der Waals surface area contributed by atoms with Crippen molar-refractivity contribution in [1.82, 2.24) is 5.32 Å². The van der Waals surface area contributed by atoms with Gasteiger partial charge in [-0.05, 0) is 41.0 Å². The number of hydrogen-bond donors (Lipinski definition) is 1. The molecule has 8 heteroatoms. The molecular formula is C35H31NO5S2. The van der Waals surface area contributed by atoms with E-state index < -0.39 is 42.0 Å². The van der Waals surface area contributed by atoms with Crippen LogP contribution in [-0.2, 0) is 31.0 Å². The topological polar surface area (TPSA) is 97.4 Å². The van der Waals surface area contributed by atoms with Gasteiger partial charge in [0.25, 0.3) is 0 Å². The molecule has 6 nitrogen and oxygen atoms in total. The largest absolute Gasteiger partial charge is 0.351 e. The molecule has 0 aromatic heterocycles. The van der Waals surface area contributed by atoms with Crippen LogP contribution in [0.5, 0.6) is 0 Å². The summed E-state index contributed by atoms with van der Waals surface area (Å²) in [7, 11) is -9.15. The van der Waals surface area contributed by atoms with Gasteiger partial charge in [0.05, 0.1) is 15.7 Å². The van der Waals surface area contributed by atoms with E-state index in [-0.39, 0.29) is 16.3 Å². The summed E-state index contributed by atoms with van der Waals surface area (Å²) in [5.41, 5.74) is 1.76. The molecule has 0 unspecified atom stereocenters. The van der Waals surface area contributed by atoms with Crippen molar-refractivity contribution in [2.24, 2.45) is 0 Å². The van der Waals surface area contributed by atoms with E-state index in [1.807, 2.05) is 30.3 Å². The zero-order valence-electron chi connectivity index (χ0n) is 23.2. The molecule has 43 heavy (non-hydrogen) atoms. The van der Waals surface area contributed by atoms with Crippen molar-refractivity contribution in [1.29, 1.82) is 0 Å². The van der Waals surface area contributed by atoms with Gasteiger partial charge in [-0.15, -0.1) is 0 Å². The fourth-order valence-corrected chi connectivity index (χ4v) is 10.3. The van der Waals surface area contributed by atoms with E-state index in [0.717, 1.165) is 5.56 Å². The van der Waals surface area contributed by atoms with Gasteiger partial charge in [0.2, 0.25) is 5.91 Å². The second-order valence-electron chi connectivity index (χ2n) is 10.1. The van der Waals surface area contributed by atoms with Gasteiger partial charge in [-0.3, -0.25) is 4.79 Å². The van der Waals surface area contributed by atoms with Crippen molar-refractivity contribution >= 4 is 25.6 Å². The molecular weight excluding hydrogens is 579 g/mol. The molecule has 0 aliphatic rings. The minimum Gasteiger partial charge on any atom is -0.351 e. The number of amides is 1. The van der Waals surface area contributed by atoms with Gasteiger partial charge in [0, 0.05) is 12.5 Å². The van der Waals surface area contributed by atoms with Crippen LogP contribution in [-0.4, -0.2) is 27.3 Å². The van der Waals surface area contributed by atoms with Gasteiger partial charge in [-0.1, -0.05) is 127 Å². The Morgan fingerprint density at radius 2 is 0.884 bits per heavy atom. The predicted octanol–water partition coefficient (Wildman–Crippen LogP) is 6.14. The quantitative estimate of drug-likeness (QED) is 0.194. The van der Waals surface area contributed by atoms with E-state index >= 15 is 0 Å². The summed E-state index contributed by atoms with van der Waals surface area (Å²) in [6.07, 6.45) is 0. The van der Waals surface area contributed by atoms with Crippen LogP contribution in [0.25, 0.3) is 0 Å². The molecule has 2 atom stereocenters. The monoisotopic (exact) mass is 609 g/mol. The Labute approximate surface area is 252 Å². The maximum absolute atomic E-state index is 14.6. The number of nitrogens with one attached hydrogen (secondary N) is 1. The highest BCUT2D eigenvalue weighted by Gasteiger charge is 2.51. The van der Waals surface area contributed by atoms with E-state index in [4.69, 9.17) is 0 Å². The molecule has 0 fully saturated rings. The fourth-order valence-electron chi connectivity index (χ4n) is 5.30. The van der Waals surface area contributed by atoms with Gasteiger partial charge in [-0.25, -0.2) is 16.8 Å². The van der Waals surface area contributed by atoms with Gasteiger partial charge < -0.3 is 5.32 Å². The summed E-state index contributed by atoms with van der Waals surface area (Å²) < 4.78 is 56.3. The van der Waals surface area contributed by atoms with Crippen molar-refractivity contribution < 1.29 is 21.6 Å². The molecule has 5 aromatic carbocycles. The van der Waals surface area contributed by atoms with Crippen LogP contribution in [0.1, 0.15) is 28.5 Å². The maximum atomic E-state index is 14.6. The van der Waals surface area contributed by atoms with Gasteiger partial charge in [0.1, 0.15) is 0 Å². The van der Waals surface area contributed by atoms with Crippen LogP contribution in [0.3, 0.4) is 0 Å². The molecule has 0 radical (unpaired) electrons. The second kappa shape index (κ2) is 13.2. The average molecular weight is 610 g/mol. The minimum absolute atomic E-state index is 0.142. The number of sulfone groups is 2. The first-order valence-corrected chi connectivity index (χ1v) is 16.9. The number of hydrogen-bond acceptors (Lipinski definition) is 5. The highest BCUT2D eigenvalue weighted by Crippen LogP contribution is 2.44. The lowest BCUT2D eigenvalue weighted by Crippen LogP contribution is -2.43. The van der Waals surface area contributed by atoms with Crippen molar-refractivity contribution in [2.75, 3.05) is 0 Å². The SMILES string of the molecule is O=C(NCc1ccccc1)[C@H](c1ccccc1)[C@@H](c1ccccc1)C(S(=O)(=O)c1ccccc1)S(=O)(=O)c1ccccc1. The molecule has 5 rings (SSSR count). The summed E-state index contributed by atoms with van der Waals surface area (Å²) in [6.45, 7) is 0.187. The molecule has 218 valence electrons. The smallest absolute Gasteiger partial charge is 0.228 e. The Hall–Kier alpha value is -4.53. The van der Waals surface area contributed by atoms with E-state index in [1.54, 1.807) is 97.1 Å². The molecule has 0 aliphatic carbocycles. The van der Waals surface area contributed by atoms with Crippen molar-refractivity contribution in [2.45, 2.75) is 32.8 Å². The highest BCUT2D eigenvalue weighted by molar-refractivity contribution is 8.09. The summed E-state index contributed by atoms with van der Waals surface area (Å²) in [4.78, 5) is 14.0. The normalized spacial score (nSPS) is 13.2. The third-order valence-corrected chi connectivity index (χ3v) is 12.5. The molecule has 0 spiro atoms. The first-order valence-electron chi connectivity index (χ1n) is 13.8. The van der Waals surface area contributed by atoms with Crippen LogP contribution in [0, 0.1) is 0 Å². The van der Waals surface area contributed by atoms with Crippen LogP contribution >= 0.6 is 0 Å². The van der Waals surface area contributed by atoms with Gasteiger partial charge in [-0.2, -0.15) is 0 Å². The van der Waals surface area contributed by atoms with E-state index in [2.05, 4.69) is 5.32 Å². The van der Waals surface area contributed by atoms with E-state index in [9.17, 15) is 21.6 Å². The lowest BCUT2D eigenvalue weighted by molar-refractivity contribution is -0.123. The van der Waals surface area contributed by atoms with Crippen molar-refractivity contribution in [3.63, 3.8) is 0 Å². The zero-order chi connectivity index (χ0) is 30.3. The molecule has 1 N–H and O–H groups in total. The first kappa shape index (κ1) is 29.9. The number of carbonyl (C=O) groups excluding carboxylic acids is 1. The maximum Gasteiger partial charge on any atom is 0.228 e. The third kappa shape index (κ3) is 6.61. The number of rotatable bonds is 11. The Kier molecular flexibility index (Phi) is 9.19. The molecule has 5 aromatic rings. The van der Waals surface area contributed by atoms with E-state index in [0.29, 0.717) is 11.1 Å². The summed E-state index contributed by atoms with van der Waals surface area (Å²) in [5, 5.41) is 2.96. The van der Waals surface area contributed by atoms with Crippen molar-refractivity contribution in [3.05, 3.63) is 168 Å². The van der Waals surface area contributed by atoms with Gasteiger partial charge >= 0.3 is 0 Å². The van der Waals surface area contributed by atoms with Crippen LogP contribution in [0.2, 0.25) is 0 Å². The Bertz CT molecular complexity index is 1780. The Morgan fingerprint density at radius 3 is 1.33 bits per heavy atom. The van der Waals surface area contributed by atoms with Crippen molar-refractivity contribution in [3.8, 4) is 0 Å². The lowest BCUT2D eigenvalue weighted by Gasteiger charge is -2.33. The molecule has 0 saturated carbocycles. The second-order valence-corrected chi connectivity index (χ2v) is 14.5. The standard InChI is InChI=1S/C35H31NO5S2/c37-34(36-26-27-16-6-1-7-17-27)32(28-18-8-2-9-19-28)33(29-20-10-3-11-21-29)35(42(38,39)30-22-12-4-13-23-30)43(40,41)31-24-14-5-15-25-31/h1-25,32-33,35H,26H2,(H,36,37)/t32-,33-/m1/s1. The zero-order valence-corrected chi connectivity index (χ0v) is 24.9. The summed E-state index contributed by atoms with van der Waals surface area (Å²) >= 11 is 0. The summed E-state index contributed by atoms with van der Waals surface area (Å²) in [5.74, 6) is -2.97. The molecule has 1 amide bonds. The number of benzene rings is 5.